The third-order valence-electron chi connectivity index (χ3n) is 4.78. The minimum atomic E-state index is 0.0388. The Labute approximate surface area is 151 Å². The number of amides is 1. The Balaban J connectivity index is 1.97. The summed E-state index contributed by atoms with van der Waals surface area (Å²) >= 11 is 0. The van der Waals surface area contributed by atoms with Crippen molar-refractivity contribution in [1.29, 1.82) is 0 Å². The predicted molar refractivity (Wildman–Crippen MR) is 103 cm³/mol. The number of rotatable bonds is 7. The topological polar surface area (TPSA) is 38.3 Å². The summed E-state index contributed by atoms with van der Waals surface area (Å²) < 4.78 is 5.31. The van der Waals surface area contributed by atoms with Gasteiger partial charge in [-0.05, 0) is 67.5 Å². The van der Waals surface area contributed by atoms with Crippen molar-refractivity contribution in [3.8, 4) is 5.75 Å². The monoisotopic (exact) mass is 339 g/mol. The number of carbonyl (C=O) groups excluding carboxylic acids is 1. The minimum Gasteiger partial charge on any atom is -0.496 e. The van der Waals surface area contributed by atoms with Crippen molar-refractivity contribution in [2.24, 2.45) is 0 Å². The van der Waals surface area contributed by atoms with Crippen LogP contribution in [0.5, 0.6) is 5.75 Å². The molecule has 2 rings (SSSR count). The van der Waals surface area contributed by atoms with E-state index in [1.807, 2.05) is 19.1 Å². The molecular formula is C22H29NO2. The number of benzene rings is 2. The van der Waals surface area contributed by atoms with Gasteiger partial charge in [-0.25, -0.2) is 0 Å². The zero-order valence-electron chi connectivity index (χ0n) is 16.0. The van der Waals surface area contributed by atoms with Crippen LogP contribution < -0.4 is 10.1 Å². The van der Waals surface area contributed by atoms with Gasteiger partial charge in [0.25, 0.3) is 0 Å². The summed E-state index contributed by atoms with van der Waals surface area (Å²) in [7, 11) is 1.67. The Morgan fingerprint density at radius 1 is 1.04 bits per heavy atom. The lowest BCUT2D eigenvalue weighted by Gasteiger charge is -2.19. The maximum Gasteiger partial charge on any atom is 0.220 e. The van der Waals surface area contributed by atoms with E-state index in [1.165, 1.54) is 16.7 Å². The molecule has 25 heavy (non-hydrogen) atoms. The molecule has 0 bridgehead atoms. The first kappa shape index (κ1) is 19.0. The molecule has 0 aliphatic heterocycles. The highest BCUT2D eigenvalue weighted by atomic mass is 16.5. The highest BCUT2D eigenvalue weighted by Crippen LogP contribution is 2.24. The lowest BCUT2D eigenvalue weighted by Crippen LogP contribution is -2.28. The maximum atomic E-state index is 12.4. The molecule has 1 atom stereocenters. The molecule has 0 aliphatic rings. The van der Waals surface area contributed by atoms with Crippen LogP contribution in [0.15, 0.2) is 36.4 Å². The second-order valence-electron chi connectivity index (χ2n) is 6.68. The van der Waals surface area contributed by atoms with E-state index in [-0.39, 0.29) is 11.9 Å². The summed E-state index contributed by atoms with van der Waals surface area (Å²) in [6, 6.07) is 12.5. The third kappa shape index (κ3) is 5.09. The molecule has 0 saturated carbocycles. The van der Waals surface area contributed by atoms with E-state index >= 15 is 0 Å². The molecule has 3 heteroatoms. The third-order valence-corrected chi connectivity index (χ3v) is 4.78. The first-order chi connectivity index (χ1) is 11.9. The fourth-order valence-corrected chi connectivity index (χ4v) is 3.02. The number of ether oxygens (including phenoxy) is 1. The molecule has 1 amide bonds. The molecule has 0 aromatic heterocycles. The minimum absolute atomic E-state index is 0.0388. The smallest absolute Gasteiger partial charge is 0.220 e. The normalized spacial score (nSPS) is 11.9. The van der Waals surface area contributed by atoms with Crippen LogP contribution in [0.1, 0.15) is 53.6 Å². The lowest BCUT2D eigenvalue weighted by molar-refractivity contribution is -0.121. The Hall–Kier alpha value is -2.29. The van der Waals surface area contributed by atoms with E-state index in [0.29, 0.717) is 6.42 Å². The van der Waals surface area contributed by atoms with Crippen molar-refractivity contribution in [3.05, 3.63) is 64.2 Å². The predicted octanol–water partition coefficient (Wildman–Crippen LogP) is 4.82. The van der Waals surface area contributed by atoms with Crippen LogP contribution in [0.25, 0.3) is 0 Å². The Bertz CT molecular complexity index is 737. The van der Waals surface area contributed by atoms with Crippen LogP contribution in [0.2, 0.25) is 0 Å². The van der Waals surface area contributed by atoms with Gasteiger partial charge in [0, 0.05) is 6.42 Å². The number of nitrogens with one attached hydrogen (secondary N) is 1. The number of methoxy groups -OCH3 is 1. The van der Waals surface area contributed by atoms with Gasteiger partial charge in [-0.2, -0.15) is 0 Å². The van der Waals surface area contributed by atoms with Gasteiger partial charge in [-0.15, -0.1) is 0 Å². The second-order valence-corrected chi connectivity index (χ2v) is 6.68. The van der Waals surface area contributed by atoms with Crippen LogP contribution >= 0.6 is 0 Å². The van der Waals surface area contributed by atoms with Crippen molar-refractivity contribution < 1.29 is 9.53 Å². The average molecular weight is 339 g/mol. The summed E-state index contributed by atoms with van der Waals surface area (Å²) in [5.74, 6) is 0.971. The van der Waals surface area contributed by atoms with Gasteiger partial charge >= 0.3 is 0 Å². The highest BCUT2D eigenvalue weighted by Gasteiger charge is 2.14. The standard InChI is InChI=1S/C22H29NO2/c1-6-20(19-10-11-21(25-5)17(4)14-19)23-22(24)12-9-18-8-7-15(2)16(3)13-18/h7-8,10-11,13-14,20H,6,9,12H2,1-5H3,(H,23,24)/t20-/m1/s1. The van der Waals surface area contributed by atoms with Crippen molar-refractivity contribution in [1.82, 2.24) is 5.32 Å². The van der Waals surface area contributed by atoms with Crippen molar-refractivity contribution >= 4 is 5.91 Å². The fraction of sp³-hybridized carbons (Fsp3) is 0.409. The number of carbonyl (C=O) groups is 1. The Morgan fingerprint density at radius 3 is 2.40 bits per heavy atom. The summed E-state index contributed by atoms with van der Waals surface area (Å²) in [4.78, 5) is 12.4. The van der Waals surface area contributed by atoms with Gasteiger partial charge in [0.05, 0.1) is 13.2 Å². The van der Waals surface area contributed by atoms with E-state index in [1.54, 1.807) is 7.11 Å². The molecule has 2 aromatic rings. The van der Waals surface area contributed by atoms with Gasteiger partial charge in [-0.3, -0.25) is 4.79 Å². The van der Waals surface area contributed by atoms with Gasteiger partial charge in [0.15, 0.2) is 0 Å². The van der Waals surface area contributed by atoms with E-state index in [0.717, 1.165) is 29.7 Å². The molecule has 0 spiro atoms. The molecule has 0 saturated heterocycles. The largest absolute Gasteiger partial charge is 0.496 e. The molecular weight excluding hydrogens is 310 g/mol. The molecule has 2 aromatic carbocycles. The van der Waals surface area contributed by atoms with Crippen LogP contribution in [0.4, 0.5) is 0 Å². The van der Waals surface area contributed by atoms with Crippen molar-refractivity contribution in [2.75, 3.05) is 7.11 Å². The van der Waals surface area contributed by atoms with Crippen molar-refractivity contribution in [3.63, 3.8) is 0 Å². The zero-order chi connectivity index (χ0) is 18.4. The maximum absolute atomic E-state index is 12.4. The van der Waals surface area contributed by atoms with Gasteiger partial charge in [0.2, 0.25) is 5.91 Å². The SMILES string of the molecule is CC[C@@H](NC(=O)CCc1ccc(C)c(C)c1)c1ccc(OC)c(C)c1. The fourth-order valence-electron chi connectivity index (χ4n) is 3.02. The molecule has 1 N–H and O–H groups in total. The second kappa shape index (κ2) is 8.70. The average Bonchev–Trinajstić information content (AvgIpc) is 2.60. The molecule has 3 nitrogen and oxygen atoms in total. The molecule has 0 unspecified atom stereocenters. The summed E-state index contributed by atoms with van der Waals surface area (Å²) in [6.07, 6.45) is 2.14. The summed E-state index contributed by atoms with van der Waals surface area (Å²) in [6.45, 7) is 8.33. The zero-order valence-corrected chi connectivity index (χ0v) is 16.0. The highest BCUT2D eigenvalue weighted by molar-refractivity contribution is 5.76. The molecule has 0 fully saturated rings. The Morgan fingerprint density at radius 2 is 1.80 bits per heavy atom. The molecule has 134 valence electrons. The van der Waals surface area contributed by atoms with Crippen LogP contribution in [0, 0.1) is 20.8 Å². The number of aryl methyl sites for hydroxylation is 4. The van der Waals surface area contributed by atoms with E-state index in [9.17, 15) is 4.79 Å². The summed E-state index contributed by atoms with van der Waals surface area (Å²) in [5.41, 5.74) is 5.99. The van der Waals surface area contributed by atoms with Gasteiger partial charge in [0.1, 0.15) is 5.75 Å². The van der Waals surface area contributed by atoms with E-state index in [4.69, 9.17) is 4.74 Å². The summed E-state index contributed by atoms with van der Waals surface area (Å²) in [5, 5.41) is 3.16. The quantitative estimate of drug-likeness (QED) is 0.785. The van der Waals surface area contributed by atoms with Gasteiger partial charge in [-0.1, -0.05) is 37.3 Å². The van der Waals surface area contributed by atoms with E-state index in [2.05, 4.69) is 50.4 Å². The van der Waals surface area contributed by atoms with Crippen molar-refractivity contribution in [2.45, 2.75) is 53.0 Å². The van der Waals surface area contributed by atoms with Gasteiger partial charge < -0.3 is 10.1 Å². The molecule has 0 heterocycles. The van der Waals surface area contributed by atoms with Crippen LogP contribution in [0.3, 0.4) is 0 Å². The van der Waals surface area contributed by atoms with E-state index < -0.39 is 0 Å². The van der Waals surface area contributed by atoms with Crippen LogP contribution in [-0.4, -0.2) is 13.0 Å². The van der Waals surface area contributed by atoms with Crippen LogP contribution in [-0.2, 0) is 11.2 Å². The first-order valence-corrected chi connectivity index (χ1v) is 8.94. The molecule has 0 aliphatic carbocycles. The lowest BCUT2D eigenvalue weighted by atomic mass is 10.0. The molecule has 0 radical (unpaired) electrons. The number of hydrogen-bond acceptors (Lipinski definition) is 2. The number of hydrogen-bond donors (Lipinski definition) is 1. The Kier molecular flexibility index (Phi) is 6.63. The first-order valence-electron chi connectivity index (χ1n) is 8.94.